The highest BCUT2D eigenvalue weighted by Crippen LogP contribution is 2.35. The van der Waals surface area contributed by atoms with Crippen molar-refractivity contribution in [3.63, 3.8) is 0 Å². The van der Waals surface area contributed by atoms with Gasteiger partial charge < -0.3 is 14.7 Å². The molecule has 1 unspecified atom stereocenters. The third-order valence-corrected chi connectivity index (χ3v) is 5.61. The fourth-order valence-electron chi connectivity index (χ4n) is 2.85. The van der Waals surface area contributed by atoms with Gasteiger partial charge in [-0.05, 0) is 37.6 Å². The van der Waals surface area contributed by atoms with E-state index in [9.17, 15) is 9.18 Å². The lowest BCUT2D eigenvalue weighted by Gasteiger charge is -2.09. The zero-order valence-electron chi connectivity index (χ0n) is 16.8. The Morgan fingerprint density at radius 3 is 2.87 bits per heavy atom. The summed E-state index contributed by atoms with van der Waals surface area (Å²) in [6.45, 7) is 3.85. The van der Waals surface area contributed by atoms with Crippen LogP contribution in [0.25, 0.3) is 23.0 Å². The summed E-state index contributed by atoms with van der Waals surface area (Å²) < 4.78 is 26.4. The van der Waals surface area contributed by atoms with Crippen molar-refractivity contribution in [2.45, 2.75) is 37.2 Å². The van der Waals surface area contributed by atoms with Gasteiger partial charge in [0.15, 0.2) is 16.7 Å². The van der Waals surface area contributed by atoms with Gasteiger partial charge in [0.25, 0.3) is 0 Å². The van der Waals surface area contributed by atoms with E-state index in [1.807, 2.05) is 6.92 Å². The third-order valence-electron chi connectivity index (χ3n) is 4.54. The molecule has 11 heteroatoms. The molecule has 0 spiro atoms. The summed E-state index contributed by atoms with van der Waals surface area (Å²) in [6.07, 6.45) is 1.66. The molecule has 1 amide bonds. The van der Waals surface area contributed by atoms with Gasteiger partial charge in [-0.1, -0.05) is 29.1 Å². The minimum absolute atomic E-state index is 0.122. The molecule has 0 fully saturated rings. The number of primary amides is 1. The van der Waals surface area contributed by atoms with Gasteiger partial charge in [0.1, 0.15) is 5.82 Å². The molecule has 3 heterocycles. The Kier molecular flexibility index (Phi) is 5.85. The fourth-order valence-corrected chi connectivity index (χ4v) is 3.75. The van der Waals surface area contributed by atoms with E-state index in [1.165, 1.54) is 24.1 Å². The van der Waals surface area contributed by atoms with Gasteiger partial charge in [0, 0.05) is 18.5 Å². The Morgan fingerprint density at radius 2 is 2.16 bits per heavy atom. The van der Waals surface area contributed by atoms with Crippen molar-refractivity contribution in [3.8, 4) is 23.0 Å². The molecule has 0 aliphatic heterocycles. The highest BCUT2D eigenvalue weighted by Gasteiger charge is 2.23. The number of rotatable bonds is 8. The molecule has 4 aromatic rings. The second kappa shape index (κ2) is 8.72. The van der Waals surface area contributed by atoms with Crippen LogP contribution >= 0.6 is 11.8 Å². The van der Waals surface area contributed by atoms with Gasteiger partial charge in [-0.2, -0.15) is 4.98 Å². The summed E-state index contributed by atoms with van der Waals surface area (Å²) in [7, 11) is 0. The van der Waals surface area contributed by atoms with Crippen molar-refractivity contribution < 1.29 is 18.1 Å². The first-order valence-electron chi connectivity index (χ1n) is 9.44. The average molecular weight is 442 g/mol. The van der Waals surface area contributed by atoms with Crippen molar-refractivity contribution in [3.05, 3.63) is 53.9 Å². The molecule has 1 aromatic carbocycles. The average Bonchev–Trinajstić information content (AvgIpc) is 3.49. The number of benzene rings is 1. The van der Waals surface area contributed by atoms with Gasteiger partial charge in [0.2, 0.25) is 17.6 Å². The lowest BCUT2D eigenvalue weighted by atomic mass is 10.1. The molecule has 0 saturated heterocycles. The predicted molar refractivity (Wildman–Crippen MR) is 110 cm³/mol. The number of aromatic nitrogens is 5. The number of aryl methyl sites for hydroxylation is 1. The van der Waals surface area contributed by atoms with E-state index >= 15 is 0 Å². The number of thioether (sulfide) groups is 1. The smallest absolute Gasteiger partial charge is 0.240 e. The third kappa shape index (κ3) is 4.50. The monoisotopic (exact) mass is 442 g/mol. The largest absolute Gasteiger partial charge is 0.461 e. The molecule has 0 radical (unpaired) electrons. The van der Waals surface area contributed by atoms with Crippen LogP contribution in [0, 0.1) is 12.7 Å². The van der Waals surface area contributed by atoms with Crippen molar-refractivity contribution in [1.82, 2.24) is 24.9 Å². The summed E-state index contributed by atoms with van der Waals surface area (Å²) >= 11 is 1.33. The summed E-state index contributed by atoms with van der Waals surface area (Å²) in [5.74, 6) is 0.896. The number of carbonyl (C=O) groups is 1. The number of nitrogens with two attached hydrogens (primary N) is 1. The van der Waals surface area contributed by atoms with E-state index in [0.717, 1.165) is 0 Å². The second-order valence-electron chi connectivity index (χ2n) is 6.83. The molecule has 0 saturated carbocycles. The lowest BCUT2D eigenvalue weighted by Crippen LogP contribution is -2.15. The van der Waals surface area contributed by atoms with Crippen LogP contribution in [0.15, 0.2) is 50.7 Å². The fraction of sp³-hybridized carbons (Fsp3) is 0.250. The van der Waals surface area contributed by atoms with Gasteiger partial charge in [0.05, 0.1) is 11.5 Å². The molecule has 3 aromatic heterocycles. The standard InChI is InChI=1S/C20H19FN6O3S/c1-11-5-6-13(10-14(11)21)17-23-19(30-26-17)12(2)31-20-25-24-18(15-4-3-9-29-15)27(20)8-7-16(22)28/h3-6,9-10,12H,7-8H2,1-2H3,(H2,22,28). The molecule has 31 heavy (non-hydrogen) atoms. The highest BCUT2D eigenvalue weighted by atomic mass is 32.2. The Labute approximate surface area is 180 Å². The maximum Gasteiger partial charge on any atom is 0.240 e. The van der Waals surface area contributed by atoms with Crippen LogP contribution in [0.2, 0.25) is 0 Å². The first-order chi connectivity index (χ1) is 14.9. The molecule has 2 N–H and O–H groups in total. The zero-order chi connectivity index (χ0) is 22.0. The van der Waals surface area contributed by atoms with Crippen LogP contribution < -0.4 is 5.73 Å². The predicted octanol–water partition coefficient (Wildman–Crippen LogP) is 3.76. The first kappa shape index (κ1) is 20.8. The number of furan rings is 1. The van der Waals surface area contributed by atoms with Crippen molar-refractivity contribution in [1.29, 1.82) is 0 Å². The minimum atomic E-state index is -0.435. The van der Waals surface area contributed by atoms with E-state index in [1.54, 1.807) is 35.8 Å². The minimum Gasteiger partial charge on any atom is -0.461 e. The zero-order valence-corrected chi connectivity index (χ0v) is 17.6. The van der Waals surface area contributed by atoms with E-state index in [-0.39, 0.29) is 17.5 Å². The van der Waals surface area contributed by atoms with E-state index in [0.29, 0.717) is 46.1 Å². The Hall–Kier alpha value is -3.47. The number of carbonyl (C=O) groups excluding carboxylic acids is 1. The van der Waals surface area contributed by atoms with Gasteiger partial charge in [-0.3, -0.25) is 9.36 Å². The molecule has 0 aliphatic carbocycles. The van der Waals surface area contributed by atoms with Crippen LogP contribution in [0.3, 0.4) is 0 Å². The topological polar surface area (TPSA) is 126 Å². The molecule has 0 aliphatic rings. The number of amides is 1. The van der Waals surface area contributed by atoms with Crippen LogP contribution in [0.5, 0.6) is 0 Å². The Balaban J connectivity index is 1.57. The highest BCUT2D eigenvalue weighted by molar-refractivity contribution is 7.99. The molecular formula is C20H19FN6O3S. The number of halogens is 1. The summed E-state index contributed by atoms with van der Waals surface area (Å²) in [5, 5.41) is 12.6. The van der Waals surface area contributed by atoms with Crippen molar-refractivity contribution >= 4 is 17.7 Å². The van der Waals surface area contributed by atoms with Crippen LogP contribution in [0.1, 0.15) is 30.0 Å². The van der Waals surface area contributed by atoms with Gasteiger partial charge in [-0.15, -0.1) is 10.2 Å². The van der Waals surface area contributed by atoms with Gasteiger partial charge >= 0.3 is 0 Å². The number of nitrogens with zero attached hydrogens (tertiary/aromatic N) is 5. The van der Waals surface area contributed by atoms with E-state index in [2.05, 4.69) is 20.3 Å². The Morgan fingerprint density at radius 1 is 1.32 bits per heavy atom. The summed E-state index contributed by atoms with van der Waals surface area (Å²) in [5.41, 5.74) is 6.38. The van der Waals surface area contributed by atoms with E-state index < -0.39 is 5.91 Å². The van der Waals surface area contributed by atoms with E-state index in [4.69, 9.17) is 14.7 Å². The lowest BCUT2D eigenvalue weighted by molar-refractivity contribution is -0.118. The maximum absolute atomic E-state index is 13.9. The van der Waals surface area contributed by atoms with Crippen LogP contribution in [0.4, 0.5) is 4.39 Å². The first-order valence-corrected chi connectivity index (χ1v) is 10.3. The van der Waals surface area contributed by atoms with Gasteiger partial charge in [-0.25, -0.2) is 4.39 Å². The Bertz CT molecular complexity index is 1200. The molecular weight excluding hydrogens is 423 g/mol. The SMILES string of the molecule is Cc1ccc(-c2noc(C(C)Sc3nnc(-c4ccco4)n3CCC(N)=O)n2)cc1F. The summed E-state index contributed by atoms with van der Waals surface area (Å²) in [4.78, 5) is 15.7. The summed E-state index contributed by atoms with van der Waals surface area (Å²) in [6, 6.07) is 8.27. The number of hydrogen-bond acceptors (Lipinski definition) is 8. The molecule has 0 bridgehead atoms. The maximum atomic E-state index is 13.9. The van der Waals surface area contributed by atoms with Crippen molar-refractivity contribution in [2.75, 3.05) is 0 Å². The molecule has 9 nitrogen and oxygen atoms in total. The molecule has 4 rings (SSSR count). The molecule has 160 valence electrons. The van der Waals surface area contributed by atoms with Crippen LogP contribution in [-0.4, -0.2) is 30.8 Å². The van der Waals surface area contributed by atoms with Crippen molar-refractivity contribution in [2.24, 2.45) is 5.73 Å². The normalized spacial score (nSPS) is 12.2. The number of hydrogen-bond donors (Lipinski definition) is 1. The van der Waals surface area contributed by atoms with Crippen LogP contribution in [-0.2, 0) is 11.3 Å². The molecule has 1 atom stereocenters. The quantitative estimate of drug-likeness (QED) is 0.409. The second-order valence-corrected chi connectivity index (χ2v) is 8.14.